The van der Waals surface area contributed by atoms with Crippen LogP contribution in [0, 0.1) is 11.8 Å². The van der Waals surface area contributed by atoms with Crippen LogP contribution in [0.1, 0.15) is 66.7 Å². The molecule has 0 unspecified atom stereocenters. The van der Waals surface area contributed by atoms with Gasteiger partial charge in [0.25, 0.3) is 0 Å². The number of esters is 1. The van der Waals surface area contributed by atoms with Gasteiger partial charge in [0, 0.05) is 19.4 Å². The first kappa shape index (κ1) is 19.7. The first-order valence-electron chi connectivity index (χ1n) is 9.32. The minimum Gasteiger partial charge on any atom is -0.461 e. The topological polar surface area (TPSA) is 72.9 Å². The number of rotatable bonds is 3. The highest BCUT2D eigenvalue weighted by Crippen LogP contribution is 2.38. The van der Waals surface area contributed by atoms with Gasteiger partial charge in [-0.05, 0) is 58.8 Å². The second kappa shape index (κ2) is 7.75. The van der Waals surface area contributed by atoms with Gasteiger partial charge in [0.15, 0.2) is 0 Å². The molecule has 6 heteroatoms. The van der Waals surface area contributed by atoms with Gasteiger partial charge in [-0.2, -0.15) is 0 Å². The maximum atomic E-state index is 12.7. The lowest BCUT2D eigenvalue weighted by molar-refractivity contribution is -0.158. The minimum atomic E-state index is -0.670. The average molecular weight is 353 g/mol. The highest BCUT2D eigenvalue weighted by Gasteiger charge is 2.45. The first-order chi connectivity index (χ1) is 11.6. The summed E-state index contributed by atoms with van der Waals surface area (Å²) in [6.45, 7) is 9.66. The lowest BCUT2D eigenvalue weighted by Crippen LogP contribution is -2.56. The smallest absolute Gasteiger partial charge is 0.411 e. The van der Waals surface area contributed by atoms with E-state index in [1.807, 2.05) is 34.6 Å². The molecule has 1 amide bonds. The van der Waals surface area contributed by atoms with Gasteiger partial charge >= 0.3 is 12.1 Å². The molecule has 0 N–H and O–H groups in total. The number of amides is 1. The second-order valence-corrected chi connectivity index (χ2v) is 8.34. The predicted octanol–water partition coefficient (Wildman–Crippen LogP) is 3.32. The van der Waals surface area contributed by atoms with Crippen LogP contribution in [0.2, 0.25) is 0 Å². The largest absolute Gasteiger partial charge is 0.461 e. The Hall–Kier alpha value is -1.59. The van der Waals surface area contributed by atoms with Gasteiger partial charge in [-0.25, -0.2) is 9.59 Å². The van der Waals surface area contributed by atoms with Gasteiger partial charge in [0.05, 0.1) is 6.10 Å². The molecule has 25 heavy (non-hydrogen) atoms. The average Bonchev–Trinajstić information content (AvgIpc) is 2.51. The normalized spacial score (nSPS) is 28.1. The third-order valence-electron chi connectivity index (χ3n) is 5.08. The molecular weight excluding hydrogens is 322 g/mol. The summed E-state index contributed by atoms with van der Waals surface area (Å²) in [5.41, 5.74) is -0.623. The number of carbonyl (C=O) groups is 3. The lowest BCUT2D eigenvalue weighted by Gasteiger charge is -2.44. The fraction of sp³-hybridized carbons (Fsp3) is 0.842. The number of nitrogens with zero attached hydrogens (tertiary/aromatic N) is 1. The Labute approximate surface area is 150 Å². The molecule has 0 aromatic heterocycles. The molecule has 1 heterocycles. The van der Waals surface area contributed by atoms with E-state index in [0.717, 1.165) is 12.8 Å². The summed E-state index contributed by atoms with van der Waals surface area (Å²) in [6, 6.07) is -0.670. The summed E-state index contributed by atoms with van der Waals surface area (Å²) in [5, 5.41) is 0. The Bertz CT molecular complexity index is 524. The number of Topliss-reactive ketones (excluding diaryl/α,β-unsaturated/α-hetero) is 1. The molecule has 0 radical (unpaired) electrons. The molecule has 0 bridgehead atoms. The van der Waals surface area contributed by atoms with Crippen molar-refractivity contribution >= 4 is 17.8 Å². The summed E-state index contributed by atoms with van der Waals surface area (Å²) in [7, 11) is 0. The standard InChI is InChI=1S/C19H31NO5/c1-6-12(2)24-17(22)16-10-14-9-15(21)8-7-13(14)11-20(16)18(23)25-19(3,4)5/h12-14,16H,6-11H2,1-5H3/t12-,13+,14-,16+/m1/s1. The van der Waals surface area contributed by atoms with Crippen LogP contribution in [-0.2, 0) is 19.1 Å². The molecule has 2 rings (SSSR count). The molecule has 0 spiro atoms. The van der Waals surface area contributed by atoms with Crippen LogP contribution >= 0.6 is 0 Å². The van der Waals surface area contributed by atoms with Crippen LogP contribution in [0.3, 0.4) is 0 Å². The summed E-state index contributed by atoms with van der Waals surface area (Å²) in [4.78, 5) is 38.6. The van der Waals surface area contributed by atoms with Crippen molar-refractivity contribution in [3.8, 4) is 0 Å². The fourth-order valence-electron chi connectivity index (χ4n) is 3.56. The third-order valence-corrected chi connectivity index (χ3v) is 5.08. The van der Waals surface area contributed by atoms with Crippen LogP contribution in [0.15, 0.2) is 0 Å². The number of piperidine rings is 1. The van der Waals surface area contributed by atoms with Crippen molar-refractivity contribution in [2.75, 3.05) is 6.54 Å². The van der Waals surface area contributed by atoms with E-state index in [1.54, 1.807) is 0 Å². The van der Waals surface area contributed by atoms with Gasteiger partial charge in [-0.15, -0.1) is 0 Å². The summed E-state index contributed by atoms with van der Waals surface area (Å²) in [6.07, 6.45) is 2.36. The van der Waals surface area contributed by atoms with Crippen molar-refractivity contribution in [1.29, 1.82) is 0 Å². The lowest BCUT2D eigenvalue weighted by atomic mass is 9.72. The van der Waals surface area contributed by atoms with Crippen molar-refractivity contribution in [3.63, 3.8) is 0 Å². The van der Waals surface area contributed by atoms with E-state index in [9.17, 15) is 14.4 Å². The zero-order valence-electron chi connectivity index (χ0n) is 16.0. The second-order valence-electron chi connectivity index (χ2n) is 8.34. The molecular formula is C19H31NO5. The Morgan fingerprint density at radius 2 is 1.96 bits per heavy atom. The van der Waals surface area contributed by atoms with Crippen molar-refractivity contribution in [3.05, 3.63) is 0 Å². The molecule has 1 aliphatic heterocycles. The van der Waals surface area contributed by atoms with Gasteiger partial charge in [0.2, 0.25) is 0 Å². The molecule has 6 nitrogen and oxygen atoms in total. The van der Waals surface area contributed by atoms with Crippen LogP contribution < -0.4 is 0 Å². The number of likely N-dealkylation sites (tertiary alicyclic amines) is 1. The minimum absolute atomic E-state index is 0.148. The first-order valence-corrected chi connectivity index (χ1v) is 9.32. The Morgan fingerprint density at radius 3 is 2.56 bits per heavy atom. The van der Waals surface area contributed by atoms with E-state index in [0.29, 0.717) is 25.8 Å². The zero-order chi connectivity index (χ0) is 18.8. The summed E-state index contributed by atoms with van der Waals surface area (Å²) >= 11 is 0. The van der Waals surface area contributed by atoms with E-state index in [4.69, 9.17) is 9.47 Å². The number of carbonyl (C=O) groups excluding carboxylic acids is 3. The van der Waals surface area contributed by atoms with Gasteiger partial charge in [0.1, 0.15) is 17.4 Å². The number of ether oxygens (including phenoxy) is 2. The number of hydrogen-bond acceptors (Lipinski definition) is 5. The van der Waals surface area contributed by atoms with E-state index in [1.165, 1.54) is 4.90 Å². The molecule has 2 aliphatic rings. The maximum absolute atomic E-state index is 12.7. The van der Waals surface area contributed by atoms with Crippen molar-refractivity contribution in [2.45, 2.75) is 84.5 Å². The van der Waals surface area contributed by atoms with Crippen LogP contribution in [0.4, 0.5) is 4.79 Å². The molecule has 4 atom stereocenters. The summed E-state index contributed by atoms with van der Waals surface area (Å²) in [5.74, 6) is 0.255. The molecule has 142 valence electrons. The number of ketones is 1. The van der Waals surface area contributed by atoms with Gasteiger partial charge in [-0.3, -0.25) is 9.69 Å². The molecule has 0 aromatic rings. The number of hydrogen-bond donors (Lipinski definition) is 0. The molecule has 1 saturated heterocycles. The monoisotopic (exact) mass is 353 g/mol. The summed E-state index contributed by atoms with van der Waals surface area (Å²) < 4.78 is 11.0. The van der Waals surface area contributed by atoms with Crippen LogP contribution in [-0.4, -0.2) is 47.0 Å². The molecule has 2 fully saturated rings. The maximum Gasteiger partial charge on any atom is 0.411 e. The Morgan fingerprint density at radius 1 is 1.28 bits per heavy atom. The predicted molar refractivity (Wildman–Crippen MR) is 93.0 cm³/mol. The van der Waals surface area contributed by atoms with E-state index >= 15 is 0 Å². The molecule has 1 saturated carbocycles. The van der Waals surface area contributed by atoms with Crippen molar-refractivity contribution in [1.82, 2.24) is 4.90 Å². The van der Waals surface area contributed by atoms with Crippen molar-refractivity contribution < 1.29 is 23.9 Å². The Balaban J connectivity index is 2.17. The SMILES string of the molecule is CC[C@@H](C)OC(=O)[C@@H]1C[C@H]2CC(=O)CC[C@H]2CN1C(=O)OC(C)(C)C. The van der Waals surface area contributed by atoms with Crippen LogP contribution in [0.5, 0.6) is 0 Å². The Kier molecular flexibility index (Phi) is 6.12. The van der Waals surface area contributed by atoms with E-state index in [-0.39, 0.29) is 23.7 Å². The van der Waals surface area contributed by atoms with Crippen LogP contribution in [0.25, 0.3) is 0 Å². The zero-order valence-corrected chi connectivity index (χ0v) is 16.0. The van der Waals surface area contributed by atoms with Gasteiger partial charge in [-0.1, -0.05) is 6.92 Å². The van der Waals surface area contributed by atoms with Gasteiger partial charge < -0.3 is 9.47 Å². The highest BCUT2D eigenvalue weighted by molar-refractivity contribution is 5.83. The highest BCUT2D eigenvalue weighted by atomic mass is 16.6. The third kappa shape index (κ3) is 5.19. The molecule has 1 aliphatic carbocycles. The number of fused-ring (bicyclic) bond motifs is 1. The van der Waals surface area contributed by atoms with Crippen molar-refractivity contribution in [2.24, 2.45) is 11.8 Å². The van der Waals surface area contributed by atoms with E-state index in [2.05, 4.69) is 0 Å². The fourth-order valence-corrected chi connectivity index (χ4v) is 3.56. The quantitative estimate of drug-likeness (QED) is 0.728. The van der Waals surface area contributed by atoms with E-state index < -0.39 is 23.7 Å². The molecule has 0 aromatic carbocycles.